The van der Waals surface area contributed by atoms with Crippen LogP contribution in [0.25, 0.3) is 0 Å². The quantitative estimate of drug-likeness (QED) is 0.549. The lowest BCUT2D eigenvalue weighted by molar-refractivity contribution is 0.0955. The van der Waals surface area contributed by atoms with E-state index in [4.69, 9.17) is 0 Å². The minimum atomic E-state index is -0.275. The molecule has 1 heterocycles. The number of pyridine rings is 1. The Labute approximate surface area is 148 Å². The summed E-state index contributed by atoms with van der Waals surface area (Å²) in [5.41, 5.74) is 5.67. The van der Waals surface area contributed by atoms with Crippen molar-refractivity contribution in [3.05, 3.63) is 100 Å². The number of benzene rings is 2. The number of hydrazone groups is 1. The molecule has 0 bridgehead atoms. The zero-order valence-corrected chi connectivity index (χ0v) is 14.3. The Morgan fingerprint density at radius 3 is 2.12 bits per heavy atom. The zero-order chi connectivity index (χ0) is 16.8. The molecule has 24 heavy (non-hydrogen) atoms. The molecule has 2 aromatic carbocycles. The first-order valence-electron chi connectivity index (χ1n) is 7.33. The van der Waals surface area contributed by atoms with Crippen LogP contribution in [0.2, 0.25) is 0 Å². The highest BCUT2D eigenvalue weighted by Gasteiger charge is 2.09. The van der Waals surface area contributed by atoms with Gasteiger partial charge in [0.25, 0.3) is 5.91 Å². The highest BCUT2D eigenvalue weighted by atomic mass is 79.9. The Morgan fingerprint density at radius 2 is 1.46 bits per heavy atom. The maximum Gasteiger partial charge on any atom is 0.271 e. The average Bonchev–Trinajstić information content (AvgIpc) is 2.65. The maximum absolute atomic E-state index is 12.2. The van der Waals surface area contributed by atoms with Gasteiger partial charge >= 0.3 is 0 Å². The fourth-order valence-corrected chi connectivity index (χ4v) is 2.44. The van der Waals surface area contributed by atoms with E-state index in [1.807, 2.05) is 54.6 Å². The van der Waals surface area contributed by atoms with Crippen molar-refractivity contribution in [2.45, 2.75) is 0 Å². The molecule has 0 atom stereocenters. The van der Waals surface area contributed by atoms with E-state index in [9.17, 15) is 4.79 Å². The number of hydrogen-bond acceptors (Lipinski definition) is 3. The molecular weight excluding hydrogens is 366 g/mol. The van der Waals surface area contributed by atoms with Crippen LogP contribution in [0.1, 0.15) is 21.5 Å². The van der Waals surface area contributed by atoms with Crippen molar-refractivity contribution in [3.63, 3.8) is 0 Å². The third-order valence-electron chi connectivity index (χ3n) is 3.38. The third kappa shape index (κ3) is 3.94. The molecule has 0 aliphatic carbocycles. The van der Waals surface area contributed by atoms with E-state index in [2.05, 4.69) is 31.4 Å². The summed E-state index contributed by atoms with van der Waals surface area (Å²) in [4.78, 5) is 16.1. The number of nitrogens with one attached hydrogen (secondary N) is 1. The van der Waals surface area contributed by atoms with Crippen LogP contribution in [0.5, 0.6) is 0 Å². The van der Waals surface area contributed by atoms with Crippen LogP contribution >= 0.6 is 15.9 Å². The van der Waals surface area contributed by atoms with Crippen LogP contribution in [0.4, 0.5) is 0 Å². The molecule has 4 nitrogen and oxygen atoms in total. The predicted octanol–water partition coefficient (Wildman–Crippen LogP) is 4.03. The van der Waals surface area contributed by atoms with Crippen LogP contribution in [0.15, 0.2) is 88.7 Å². The Balaban J connectivity index is 1.93. The largest absolute Gasteiger partial charge is 0.271 e. The number of amides is 1. The molecule has 0 aliphatic heterocycles. The van der Waals surface area contributed by atoms with Gasteiger partial charge in [0.15, 0.2) is 0 Å². The van der Waals surface area contributed by atoms with Gasteiger partial charge in [0, 0.05) is 33.6 Å². The van der Waals surface area contributed by atoms with Gasteiger partial charge in [-0.3, -0.25) is 9.78 Å². The topological polar surface area (TPSA) is 54.4 Å². The van der Waals surface area contributed by atoms with Crippen molar-refractivity contribution >= 4 is 27.5 Å². The Morgan fingerprint density at radius 1 is 0.833 bits per heavy atom. The van der Waals surface area contributed by atoms with Gasteiger partial charge in [0.1, 0.15) is 0 Å². The van der Waals surface area contributed by atoms with E-state index in [-0.39, 0.29) is 5.91 Å². The molecule has 0 fully saturated rings. The SMILES string of the molecule is O=C(N/N=C(\c1ccccc1)c1ccc(Br)cc1)c1ccncc1. The molecule has 0 saturated carbocycles. The van der Waals surface area contributed by atoms with E-state index >= 15 is 0 Å². The number of rotatable bonds is 4. The van der Waals surface area contributed by atoms with E-state index in [1.54, 1.807) is 24.5 Å². The van der Waals surface area contributed by atoms with Crippen molar-refractivity contribution in [1.82, 2.24) is 10.4 Å². The number of carbonyl (C=O) groups excluding carboxylic acids is 1. The first-order chi connectivity index (χ1) is 11.7. The van der Waals surface area contributed by atoms with Gasteiger partial charge < -0.3 is 0 Å². The normalized spacial score (nSPS) is 11.1. The summed E-state index contributed by atoms with van der Waals surface area (Å²) in [5.74, 6) is -0.275. The molecule has 1 N–H and O–H groups in total. The lowest BCUT2D eigenvalue weighted by atomic mass is 10.0. The second-order valence-corrected chi connectivity index (χ2v) is 5.93. The fraction of sp³-hybridized carbons (Fsp3) is 0. The van der Waals surface area contributed by atoms with E-state index in [1.165, 1.54) is 0 Å². The molecular formula is C19H14BrN3O. The van der Waals surface area contributed by atoms with Gasteiger partial charge in [-0.25, -0.2) is 5.43 Å². The molecule has 0 aliphatic rings. The molecule has 1 aromatic heterocycles. The number of carbonyl (C=O) groups is 1. The summed E-state index contributed by atoms with van der Waals surface area (Å²) in [6.45, 7) is 0. The van der Waals surface area contributed by atoms with Crippen molar-refractivity contribution < 1.29 is 4.79 Å². The molecule has 118 valence electrons. The zero-order valence-electron chi connectivity index (χ0n) is 12.7. The molecule has 0 spiro atoms. The first-order valence-corrected chi connectivity index (χ1v) is 8.13. The van der Waals surface area contributed by atoms with Gasteiger partial charge in [0.05, 0.1) is 5.71 Å². The number of aromatic nitrogens is 1. The van der Waals surface area contributed by atoms with Gasteiger partial charge in [-0.05, 0) is 24.3 Å². The highest BCUT2D eigenvalue weighted by molar-refractivity contribution is 9.10. The first kappa shape index (κ1) is 16.1. The van der Waals surface area contributed by atoms with Crippen LogP contribution in [-0.4, -0.2) is 16.6 Å². The van der Waals surface area contributed by atoms with E-state index in [0.717, 1.165) is 15.6 Å². The van der Waals surface area contributed by atoms with Gasteiger partial charge in [0.2, 0.25) is 0 Å². The maximum atomic E-state index is 12.2. The van der Waals surface area contributed by atoms with Gasteiger partial charge in [-0.1, -0.05) is 58.4 Å². The second kappa shape index (κ2) is 7.66. The molecule has 5 heteroatoms. The second-order valence-electron chi connectivity index (χ2n) is 5.01. The summed E-state index contributed by atoms with van der Waals surface area (Å²) >= 11 is 3.43. The van der Waals surface area contributed by atoms with Crippen LogP contribution < -0.4 is 5.43 Å². The lowest BCUT2D eigenvalue weighted by Crippen LogP contribution is -2.20. The number of nitrogens with zero attached hydrogens (tertiary/aromatic N) is 2. The molecule has 3 aromatic rings. The third-order valence-corrected chi connectivity index (χ3v) is 3.91. The molecule has 0 saturated heterocycles. The number of halogens is 1. The van der Waals surface area contributed by atoms with E-state index < -0.39 is 0 Å². The van der Waals surface area contributed by atoms with E-state index in [0.29, 0.717) is 11.3 Å². The van der Waals surface area contributed by atoms with Crippen molar-refractivity contribution in [2.24, 2.45) is 5.10 Å². The predicted molar refractivity (Wildman–Crippen MR) is 97.9 cm³/mol. The Hall–Kier alpha value is -2.79. The smallest absolute Gasteiger partial charge is 0.267 e. The molecule has 0 unspecified atom stereocenters. The van der Waals surface area contributed by atoms with Crippen LogP contribution in [0, 0.1) is 0 Å². The van der Waals surface area contributed by atoms with Crippen LogP contribution in [0.3, 0.4) is 0 Å². The molecule has 0 radical (unpaired) electrons. The monoisotopic (exact) mass is 379 g/mol. The minimum Gasteiger partial charge on any atom is -0.267 e. The van der Waals surface area contributed by atoms with Crippen LogP contribution in [-0.2, 0) is 0 Å². The summed E-state index contributed by atoms with van der Waals surface area (Å²) in [7, 11) is 0. The highest BCUT2D eigenvalue weighted by Crippen LogP contribution is 2.15. The summed E-state index contributed by atoms with van der Waals surface area (Å²) in [5, 5.41) is 4.35. The minimum absolute atomic E-state index is 0.275. The summed E-state index contributed by atoms with van der Waals surface area (Å²) in [6, 6.07) is 20.8. The van der Waals surface area contributed by atoms with Crippen molar-refractivity contribution in [3.8, 4) is 0 Å². The molecule has 3 rings (SSSR count). The molecule has 1 amide bonds. The lowest BCUT2D eigenvalue weighted by Gasteiger charge is -2.08. The summed E-state index contributed by atoms with van der Waals surface area (Å²) < 4.78 is 0.986. The summed E-state index contributed by atoms with van der Waals surface area (Å²) in [6.07, 6.45) is 3.15. The average molecular weight is 380 g/mol. The standard InChI is InChI=1S/C19H14BrN3O/c20-17-8-6-15(7-9-17)18(14-4-2-1-3-5-14)22-23-19(24)16-10-12-21-13-11-16/h1-13H,(H,23,24)/b22-18+. The fourth-order valence-electron chi connectivity index (χ4n) is 2.17. The van der Waals surface area contributed by atoms with Gasteiger partial charge in [-0.15, -0.1) is 0 Å². The van der Waals surface area contributed by atoms with Crippen molar-refractivity contribution in [2.75, 3.05) is 0 Å². The number of hydrogen-bond donors (Lipinski definition) is 1. The Kier molecular flexibility index (Phi) is 5.13. The van der Waals surface area contributed by atoms with Gasteiger partial charge in [-0.2, -0.15) is 5.10 Å². The van der Waals surface area contributed by atoms with Crippen molar-refractivity contribution in [1.29, 1.82) is 0 Å². The Bertz CT molecular complexity index is 847.